The Balaban J connectivity index is 1.72. The van der Waals surface area contributed by atoms with Crippen molar-refractivity contribution in [1.29, 1.82) is 0 Å². The Kier molecular flexibility index (Phi) is 5.86. The molecule has 1 atom stereocenters. The zero-order valence-corrected chi connectivity index (χ0v) is 14.4. The van der Waals surface area contributed by atoms with Crippen molar-refractivity contribution in [1.82, 2.24) is 15.1 Å². The second-order valence-corrected chi connectivity index (χ2v) is 7.48. The van der Waals surface area contributed by atoms with Crippen LogP contribution in [-0.2, 0) is 9.53 Å². The van der Waals surface area contributed by atoms with Crippen molar-refractivity contribution in [3.63, 3.8) is 0 Å². The third kappa shape index (κ3) is 5.99. The third-order valence-corrected chi connectivity index (χ3v) is 4.18. The monoisotopic (exact) mass is 327 g/mol. The smallest absolute Gasteiger partial charge is 0.407 e. The summed E-state index contributed by atoms with van der Waals surface area (Å²) in [6.45, 7) is 8.60. The molecule has 23 heavy (non-hydrogen) atoms. The Labute approximate surface area is 138 Å². The summed E-state index contributed by atoms with van der Waals surface area (Å²) >= 11 is 0. The summed E-state index contributed by atoms with van der Waals surface area (Å²) in [4.78, 5) is 28.0. The van der Waals surface area contributed by atoms with E-state index in [-0.39, 0.29) is 18.1 Å². The van der Waals surface area contributed by atoms with Crippen LogP contribution in [0.5, 0.6) is 0 Å². The molecule has 132 valence electrons. The van der Waals surface area contributed by atoms with Gasteiger partial charge in [-0.2, -0.15) is 0 Å². The van der Waals surface area contributed by atoms with E-state index in [1.807, 2.05) is 20.8 Å². The maximum absolute atomic E-state index is 12.3. The number of nitrogens with zero attached hydrogens (tertiary/aromatic N) is 2. The van der Waals surface area contributed by atoms with Crippen molar-refractivity contribution < 1.29 is 19.4 Å². The Morgan fingerprint density at radius 1 is 1.17 bits per heavy atom. The van der Waals surface area contributed by atoms with Crippen LogP contribution in [0.4, 0.5) is 4.79 Å². The van der Waals surface area contributed by atoms with Gasteiger partial charge in [-0.3, -0.25) is 9.69 Å². The topological polar surface area (TPSA) is 82.1 Å². The van der Waals surface area contributed by atoms with Crippen LogP contribution in [0, 0.1) is 0 Å². The largest absolute Gasteiger partial charge is 0.444 e. The third-order valence-electron chi connectivity index (χ3n) is 4.18. The molecular formula is C16H29N3O4. The van der Waals surface area contributed by atoms with Crippen molar-refractivity contribution in [3.8, 4) is 0 Å². The number of hydrogen-bond donors (Lipinski definition) is 2. The molecule has 2 aliphatic heterocycles. The van der Waals surface area contributed by atoms with Crippen LogP contribution in [-0.4, -0.2) is 77.4 Å². The van der Waals surface area contributed by atoms with Crippen molar-refractivity contribution >= 4 is 12.0 Å². The molecule has 1 unspecified atom stereocenters. The van der Waals surface area contributed by atoms with Gasteiger partial charge in [-0.05, 0) is 40.0 Å². The second-order valence-electron chi connectivity index (χ2n) is 7.48. The van der Waals surface area contributed by atoms with E-state index in [0.29, 0.717) is 19.6 Å². The summed E-state index contributed by atoms with van der Waals surface area (Å²) in [5, 5.41) is 12.3. The highest BCUT2D eigenvalue weighted by Crippen LogP contribution is 2.14. The second kappa shape index (κ2) is 7.49. The minimum atomic E-state index is -0.517. The van der Waals surface area contributed by atoms with E-state index in [9.17, 15) is 14.7 Å². The van der Waals surface area contributed by atoms with E-state index in [4.69, 9.17) is 4.74 Å². The first-order chi connectivity index (χ1) is 10.7. The lowest BCUT2D eigenvalue weighted by molar-refractivity contribution is -0.132. The van der Waals surface area contributed by atoms with Crippen LogP contribution < -0.4 is 5.32 Å². The molecule has 0 saturated carbocycles. The van der Waals surface area contributed by atoms with Crippen LogP contribution in [0.15, 0.2) is 0 Å². The fourth-order valence-electron chi connectivity index (χ4n) is 2.95. The SMILES string of the molecule is CC(C)(C)OC(=O)NC1CCN(C(=O)CN2CCC(O)CC2)C1. The van der Waals surface area contributed by atoms with Crippen LogP contribution in [0.25, 0.3) is 0 Å². The number of nitrogens with one attached hydrogen (secondary N) is 1. The molecule has 2 fully saturated rings. The minimum Gasteiger partial charge on any atom is -0.444 e. The Morgan fingerprint density at radius 3 is 2.43 bits per heavy atom. The molecule has 0 aromatic heterocycles. The van der Waals surface area contributed by atoms with Gasteiger partial charge in [0, 0.05) is 26.2 Å². The van der Waals surface area contributed by atoms with Crippen LogP contribution in [0.1, 0.15) is 40.0 Å². The first-order valence-corrected chi connectivity index (χ1v) is 8.40. The molecule has 0 spiro atoms. The van der Waals surface area contributed by atoms with Gasteiger partial charge >= 0.3 is 6.09 Å². The zero-order chi connectivity index (χ0) is 17.0. The molecule has 2 amide bonds. The lowest BCUT2D eigenvalue weighted by Gasteiger charge is -2.30. The lowest BCUT2D eigenvalue weighted by atomic mass is 10.1. The van der Waals surface area contributed by atoms with Gasteiger partial charge in [0.05, 0.1) is 18.7 Å². The van der Waals surface area contributed by atoms with E-state index in [0.717, 1.165) is 32.4 Å². The highest BCUT2D eigenvalue weighted by Gasteiger charge is 2.30. The Bertz CT molecular complexity index is 428. The van der Waals surface area contributed by atoms with Crippen molar-refractivity contribution in [2.75, 3.05) is 32.7 Å². The molecule has 0 aromatic carbocycles. The molecule has 7 nitrogen and oxygen atoms in total. The van der Waals surface area contributed by atoms with Crippen LogP contribution >= 0.6 is 0 Å². The molecule has 2 rings (SSSR count). The van der Waals surface area contributed by atoms with E-state index >= 15 is 0 Å². The summed E-state index contributed by atoms with van der Waals surface area (Å²) < 4.78 is 5.24. The maximum atomic E-state index is 12.3. The molecule has 0 aromatic rings. The normalized spacial score (nSPS) is 23.8. The zero-order valence-electron chi connectivity index (χ0n) is 14.4. The highest BCUT2D eigenvalue weighted by atomic mass is 16.6. The van der Waals surface area contributed by atoms with Crippen molar-refractivity contribution in [3.05, 3.63) is 0 Å². The summed E-state index contributed by atoms with van der Waals surface area (Å²) in [7, 11) is 0. The van der Waals surface area contributed by atoms with Gasteiger partial charge in [-0.1, -0.05) is 0 Å². The standard InChI is InChI=1S/C16H29N3O4/c1-16(2,3)23-15(22)17-12-4-9-19(10-12)14(21)11-18-7-5-13(20)6-8-18/h12-13,20H,4-11H2,1-3H3,(H,17,22). The number of carbonyl (C=O) groups is 2. The molecule has 0 bridgehead atoms. The number of aliphatic hydroxyl groups is 1. The molecule has 2 aliphatic rings. The highest BCUT2D eigenvalue weighted by molar-refractivity contribution is 5.79. The summed E-state index contributed by atoms with van der Waals surface area (Å²) in [5.74, 6) is 0.0925. The number of rotatable bonds is 3. The van der Waals surface area contributed by atoms with E-state index in [2.05, 4.69) is 10.2 Å². The molecule has 2 N–H and O–H groups in total. The predicted molar refractivity (Wildman–Crippen MR) is 86.0 cm³/mol. The lowest BCUT2D eigenvalue weighted by Crippen LogP contribution is -2.45. The molecular weight excluding hydrogens is 298 g/mol. The fourth-order valence-corrected chi connectivity index (χ4v) is 2.95. The van der Waals surface area contributed by atoms with Gasteiger partial charge < -0.3 is 20.1 Å². The number of piperidine rings is 1. The van der Waals surface area contributed by atoms with Gasteiger partial charge in [0.25, 0.3) is 0 Å². The van der Waals surface area contributed by atoms with Crippen LogP contribution in [0.2, 0.25) is 0 Å². The average Bonchev–Trinajstić information content (AvgIpc) is 2.87. The Hall–Kier alpha value is -1.34. The number of amides is 2. The minimum absolute atomic E-state index is 0.0445. The molecule has 0 aliphatic carbocycles. The van der Waals surface area contributed by atoms with E-state index in [1.165, 1.54) is 0 Å². The van der Waals surface area contributed by atoms with Crippen LogP contribution in [0.3, 0.4) is 0 Å². The van der Waals surface area contributed by atoms with Crippen molar-refractivity contribution in [2.45, 2.75) is 57.8 Å². The molecule has 2 heterocycles. The van der Waals surface area contributed by atoms with Gasteiger partial charge in [0.15, 0.2) is 0 Å². The first kappa shape index (κ1) is 18.0. The number of carbonyl (C=O) groups excluding carboxylic acids is 2. The van der Waals surface area contributed by atoms with Crippen molar-refractivity contribution in [2.24, 2.45) is 0 Å². The number of likely N-dealkylation sites (tertiary alicyclic amines) is 2. The van der Waals surface area contributed by atoms with Gasteiger partial charge in [-0.15, -0.1) is 0 Å². The first-order valence-electron chi connectivity index (χ1n) is 8.40. The number of ether oxygens (including phenoxy) is 1. The molecule has 7 heteroatoms. The van der Waals surface area contributed by atoms with Gasteiger partial charge in [-0.25, -0.2) is 4.79 Å². The summed E-state index contributed by atoms with van der Waals surface area (Å²) in [6, 6.07) is -0.0445. The maximum Gasteiger partial charge on any atom is 0.407 e. The number of hydrogen-bond acceptors (Lipinski definition) is 5. The fraction of sp³-hybridized carbons (Fsp3) is 0.875. The molecule has 0 radical (unpaired) electrons. The Morgan fingerprint density at radius 2 is 1.83 bits per heavy atom. The average molecular weight is 327 g/mol. The summed E-state index contributed by atoms with van der Waals surface area (Å²) in [5.41, 5.74) is -0.517. The number of aliphatic hydroxyl groups excluding tert-OH is 1. The predicted octanol–water partition coefficient (Wildman–Crippen LogP) is 0.569. The molecule has 2 saturated heterocycles. The van der Waals surface area contributed by atoms with Gasteiger partial charge in [0.1, 0.15) is 5.60 Å². The number of alkyl carbamates (subject to hydrolysis) is 1. The van der Waals surface area contributed by atoms with Gasteiger partial charge in [0.2, 0.25) is 5.91 Å². The summed E-state index contributed by atoms with van der Waals surface area (Å²) in [6.07, 6.45) is 1.56. The van der Waals surface area contributed by atoms with E-state index in [1.54, 1.807) is 4.90 Å². The van der Waals surface area contributed by atoms with E-state index < -0.39 is 11.7 Å². The quantitative estimate of drug-likeness (QED) is 0.792.